The van der Waals surface area contributed by atoms with Gasteiger partial charge < -0.3 is 4.57 Å². The van der Waals surface area contributed by atoms with E-state index in [1.807, 2.05) is 32.5 Å². The van der Waals surface area contributed by atoms with Crippen molar-refractivity contribution in [1.82, 2.24) is 14.3 Å². The summed E-state index contributed by atoms with van der Waals surface area (Å²) >= 11 is 1.37. The highest BCUT2D eigenvalue weighted by Crippen LogP contribution is 2.15. The third-order valence-electron chi connectivity index (χ3n) is 3.48. The Morgan fingerprint density at radius 3 is 2.57 bits per heavy atom. The van der Waals surface area contributed by atoms with Gasteiger partial charge in [-0.15, -0.1) is 11.3 Å². The number of aromatic nitrogens is 3. The molecule has 3 aromatic rings. The molecule has 0 aliphatic carbocycles. The summed E-state index contributed by atoms with van der Waals surface area (Å²) in [7, 11) is 1.82. The average Bonchev–Trinajstić information content (AvgIpc) is 2.92. The van der Waals surface area contributed by atoms with Gasteiger partial charge in [-0.2, -0.15) is 10.1 Å². The fraction of sp³-hybridized carbons (Fsp3) is 0.250. The second kappa shape index (κ2) is 5.92. The van der Waals surface area contributed by atoms with Gasteiger partial charge in [-0.05, 0) is 19.9 Å². The Balaban J connectivity index is 2.29. The molecule has 0 aliphatic heterocycles. The molecule has 3 rings (SSSR count). The molecule has 2 aromatic heterocycles. The van der Waals surface area contributed by atoms with Crippen LogP contribution < -0.4 is 10.4 Å². The fourth-order valence-corrected chi connectivity index (χ4v) is 3.02. The van der Waals surface area contributed by atoms with E-state index in [1.165, 1.54) is 16.0 Å². The summed E-state index contributed by atoms with van der Waals surface area (Å²) < 4.78 is 3.10. The Bertz CT molecular complexity index is 1010. The summed E-state index contributed by atoms with van der Waals surface area (Å²) in [5, 5.41) is 7.13. The molecule has 2 heterocycles. The number of aryl methyl sites for hydroxylation is 1. The van der Waals surface area contributed by atoms with E-state index in [0.29, 0.717) is 15.6 Å². The highest BCUT2D eigenvalue weighted by atomic mass is 32.1. The number of carbonyl (C=O) groups is 1. The van der Waals surface area contributed by atoms with Crippen LogP contribution in [0.25, 0.3) is 10.8 Å². The van der Waals surface area contributed by atoms with E-state index >= 15 is 0 Å². The number of fused-ring (bicyclic) bond motifs is 1. The Labute approximate surface area is 136 Å². The van der Waals surface area contributed by atoms with Crippen molar-refractivity contribution in [2.24, 2.45) is 12.0 Å². The first-order chi connectivity index (χ1) is 11.0. The predicted molar refractivity (Wildman–Crippen MR) is 89.6 cm³/mol. The zero-order valence-electron chi connectivity index (χ0n) is 13.1. The molecule has 0 fully saturated rings. The summed E-state index contributed by atoms with van der Waals surface area (Å²) in [6, 6.07) is 6.85. The molecular formula is C16H16N4O2S. The van der Waals surface area contributed by atoms with Crippen molar-refractivity contribution < 1.29 is 4.79 Å². The molecule has 118 valence electrons. The van der Waals surface area contributed by atoms with Gasteiger partial charge in [-0.3, -0.25) is 9.59 Å². The van der Waals surface area contributed by atoms with Crippen LogP contribution >= 0.6 is 11.3 Å². The molecule has 6 nitrogen and oxygen atoms in total. The van der Waals surface area contributed by atoms with Gasteiger partial charge in [0, 0.05) is 24.0 Å². The van der Waals surface area contributed by atoms with Crippen molar-refractivity contribution in [1.29, 1.82) is 0 Å². The van der Waals surface area contributed by atoms with Gasteiger partial charge in [0.05, 0.1) is 11.4 Å². The molecule has 1 amide bonds. The van der Waals surface area contributed by atoms with Gasteiger partial charge in [-0.1, -0.05) is 18.2 Å². The highest BCUT2D eigenvalue weighted by Gasteiger charge is 2.17. The average molecular weight is 328 g/mol. The number of rotatable bonds is 2. The monoisotopic (exact) mass is 328 g/mol. The molecule has 0 spiro atoms. The minimum absolute atomic E-state index is 0.142. The lowest BCUT2D eigenvalue weighted by atomic mass is 10.1. The molecule has 0 radical (unpaired) electrons. The molecule has 0 saturated carbocycles. The largest absolute Gasteiger partial charge is 0.327 e. The van der Waals surface area contributed by atoms with Crippen LogP contribution in [0.1, 0.15) is 30.4 Å². The van der Waals surface area contributed by atoms with Gasteiger partial charge in [0.2, 0.25) is 0 Å². The molecule has 1 aromatic carbocycles. The maximum Gasteiger partial charge on any atom is 0.300 e. The third-order valence-corrected chi connectivity index (χ3v) is 4.32. The maximum absolute atomic E-state index is 12.6. The van der Waals surface area contributed by atoms with Crippen LogP contribution in [0.15, 0.2) is 45.6 Å². The van der Waals surface area contributed by atoms with Crippen LogP contribution in [-0.2, 0) is 7.05 Å². The van der Waals surface area contributed by atoms with E-state index in [9.17, 15) is 9.59 Å². The van der Waals surface area contributed by atoms with Crippen LogP contribution in [0.3, 0.4) is 0 Å². The first kappa shape index (κ1) is 15.4. The first-order valence-electron chi connectivity index (χ1n) is 7.20. The highest BCUT2D eigenvalue weighted by molar-refractivity contribution is 7.07. The van der Waals surface area contributed by atoms with Gasteiger partial charge in [-0.25, -0.2) is 4.68 Å². The SMILES string of the molecule is CC(C)n1nc(C(=O)N=c2sccn2C)c2ccccc2c1=O. The van der Waals surface area contributed by atoms with Crippen molar-refractivity contribution in [2.75, 3.05) is 0 Å². The number of hydrogen-bond donors (Lipinski definition) is 0. The van der Waals surface area contributed by atoms with E-state index in [2.05, 4.69) is 10.1 Å². The number of benzene rings is 1. The molecule has 0 unspecified atom stereocenters. The van der Waals surface area contributed by atoms with Gasteiger partial charge >= 0.3 is 5.91 Å². The van der Waals surface area contributed by atoms with Crippen LogP contribution in [0.4, 0.5) is 0 Å². The third kappa shape index (κ3) is 2.75. The first-order valence-corrected chi connectivity index (χ1v) is 8.07. The van der Waals surface area contributed by atoms with Crippen molar-refractivity contribution >= 4 is 28.0 Å². The summed E-state index contributed by atoms with van der Waals surface area (Å²) in [4.78, 5) is 29.8. The zero-order valence-corrected chi connectivity index (χ0v) is 13.9. The molecule has 0 bridgehead atoms. The Hall–Kier alpha value is -2.54. The van der Waals surface area contributed by atoms with Crippen LogP contribution in [0, 0.1) is 0 Å². The smallest absolute Gasteiger partial charge is 0.300 e. The normalized spacial score (nSPS) is 12.3. The second-order valence-electron chi connectivity index (χ2n) is 5.45. The summed E-state index contributed by atoms with van der Waals surface area (Å²) in [6.45, 7) is 3.71. The lowest BCUT2D eigenvalue weighted by Crippen LogP contribution is -2.27. The Kier molecular flexibility index (Phi) is 3.96. The molecular weight excluding hydrogens is 312 g/mol. The van der Waals surface area contributed by atoms with Crippen LogP contribution in [-0.4, -0.2) is 20.3 Å². The summed E-state index contributed by atoms with van der Waals surface area (Å²) in [6.07, 6.45) is 1.83. The van der Waals surface area contributed by atoms with Crippen LogP contribution in [0.2, 0.25) is 0 Å². The standard InChI is InChI=1S/C16H16N4O2S/c1-10(2)20-15(22)12-7-5-4-6-11(12)13(18-20)14(21)17-16-19(3)8-9-23-16/h4-10H,1-3H3. The summed E-state index contributed by atoms with van der Waals surface area (Å²) in [5.41, 5.74) is -0.00358. The quantitative estimate of drug-likeness (QED) is 0.723. The maximum atomic E-state index is 12.6. The predicted octanol–water partition coefficient (Wildman–Crippen LogP) is 2.12. The molecule has 23 heavy (non-hydrogen) atoms. The van der Waals surface area contributed by atoms with E-state index < -0.39 is 5.91 Å². The van der Waals surface area contributed by atoms with Gasteiger partial charge in [0.25, 0.3) is 5.56 Å². The number of hydrogen-bond acceptors (Lipinski definition) is 4. The molecule has 0 aliphatic rings. The van der Waals surface area contributed by atoms with Crippen LogP contribution in [0.5, 0.6) is 0 Å². The van der Waals surface area contributed by atoms with Crippen molar-refractivity contribution in [3.05, 3.63) is 56.7 Å². The topological polar surface area (TPSA) is 69.2 Å². The Morgan fingerprint density at radius 1 is 1.26 bits per heavy atom. The number of thiazole rings is 1. The summed E-state index contributed by atoms with van der Waals surface area (Å²) in [5.74, 6) is -0.450. The number of amides is 1. The molecule has 0 N–H and O–H groups in total. The van der Waals surface area contributed by atoms with E-state index in [0.717, 1.165) is 0 Å². The number of carbonyl (C=O) groups excluding carboxylic acids is 1. The van der Waals surface area contributed by atoms with Crippen molar-refractivity contribution in [3.63, 3.8) is 0 Å². The molecule has 0 atom stereocenters. The second-order valence-corrected chi connectivity index (χ2v) is 6.32. The lowest BCUT2D eigenvalue weighted by Gasteiger charge is -2.11. The minimum Gasteiger partial charge on any atom is -0.327 e. The van der Waals surface area contributed by atoms with E-state index in [1.54, 1.807) is 28.8 Å². The van der Waals surface area contributed by atoms with Gasteiger partial charge in [0.15, 0.2) is 10.5 Å². The molecule has 0 saturated heterocycles. The van der Waals surface area contributed by atoms with Crippen molar-refractivity contribution in [3.8, 4) is 0 Å². The number of nitrogens with zero attached hydrogens (tertiary/aromatic N) is 4. The molecule has 7 heteroatoms. The van der Waals surface area contributed by atoms with Gasteiger partial charge in [0.1, 0.15) is 0 Å². The van der Waals surface area contributed by atoms with E-state index in [4.69, 9.17) is 0 Å². The fourth-order valence-electron chi connectivity index (χ4n) is 2.29. The van der Waals surface area contributed by atoms with Crippen molar-refractivity contribution in [2.45, 2.75) is 19.9 Å². The minimum atomic E-state index is -0.450. The lowest BCUT2D eigenvalue weighted by molar-refractivity contribution is 0.0992. The zero-order chi connectivity index (χ0) is 16.6. The van der Waals surface area contributed by atoms with E-state index in [-0.39, 0.29) is 17.3 Å². The Morgan fingerprint density at radius 2 is 1.96 bits per heavy atom.